The Kier molecular flexibility index (Phi) is 6.07. The number of benzene rings is 1. The Morgan fingerprint density at radius 2 is 1.69 bits per heavy atom. The zero-order valence-corrected chi connectivity index (χ0v) is 18.1. The molecule has 4 rings (SSSR count). The number of carbonyl (C=O) groups is 1. The van der Waals surface area contributed by atoms with Crippen LogP contribution in [0, 0.1) is 13.8 Å². The number of pyridine rings is 3. The molecular formula is C25H23N5O2. The van der Waals surface area contributed by atoms with Gasteiger partial charge in [-0.25, -0.2) is 9.97 Å². The molecule has 0 aliphatic heterocycles. The number of carbonyl (C=O) groups excluding carboxylic acids is 1. The molecule has 3 aromatic heterocycles. The van der Waals surface area contributed by atoms with Crippen molar-refractivity contribution >= 4 is 23.1 Å². The summed E-state index contributed by atoms with van der Waals surface area (Å²) < 4.78 is 6.21. The van der Waals surface area contributed by atoms with Crippen molar-refractivity contribution in [2.24, 2.45) is 0 Å². The fourth-order valence-corrected chi connectivity index (χ4v) is 3.10. The van der Waals surface area contributed by atoms with Crippen LogP contribution >= 0.6 is 0 Å². The summed E-state index contributed by atoms with van der Waals surface area (Å²) in [5.74, 6) is 1.78. The Morgan fingerprint density at radius 3 is 2.41 bits per heavy atom. The first-order chi connectivity index (χ1) is 15.5. The van der Waals surface area contributed by atoms with Crippen molar-refractivity contribution in [1.29, 1.82) is 0 Å². The SMILES string of the molecule is CC(=O)Nc1ccc(Nc2cc(Oc3cc(C)c(C)nc3-c3ccccn3)ccn2)cc1. The van der Waals surface area contributed by atoms with Crippen LogP contribution in [0.3, 0.4) is 0 Å². The van der Waals surface area contributed by atoms with E-state index in [-0.39, 0.29) is 5.91 Å². The Hall–Kier alpha value is -4.26. The van der Waals surface area contributed by atoms with E-state index in [0.29, 0.717) is 23.0 Å². The minimum atomic E-state index is -0.108. The molecule has 0 aliphatic rings. The van der Waals surface area contributed by atoms with E-state index in [1.54, 1.807) is 18.5 Å². The Balaban J connectivity index is 1.57. The van der Waals surface area contributed by atoms with E-state index < -0.39 is 0 Å². The number of amides is 1. The number of anilines is 3. The summed E-state index contributed by atoms with van der Waals surface area (Å²) in [6, 6.07) is 18.7. The van der Waals surface area contributed by atoms with Crippen molar-refractivity contribution in [2.45, 2.75) is 20.8 Å². The molecule has 7 heteroatoms. The normalized spacial score (nSPS) is 10.5. The number of rotatable bonds is 6. The van der Waals surface area contributed by atoms with Crippen molar-refractivity contribution in [3.05, 3.63) is 84.3 Å². The van der Waals surface area contributed by atoms with Gasteiger partial charge in [0.15, 0.2) is 5.75 Å². The molecule has 3 heterocycles. The van der Waals surface area contributed by atoms with E-state index in [1.165, 1.54) is 6.92 Å². The Bertz CT molecular complexity index is 1240. The molecule has 0 saturated carbocycles. The summed E-state index contributed by atoms with van der Waals surface area (Å²) in [5.41, 5.74) is 4.97. The van der Waals surface area contributed by atoms with Crippen molar-refractivity contribution < 1.29 is 9.53 Å². The van der Waals surface area contributed by atoms with Crippen LogP contribution in [0.25, 0.3) is 11.4 Å². The highest BCUT2D eigenvalue weighted by Crippen LogP contribution is 2.33. The van der Waals surface area contributed by atoms with Gasteiger partial charge in [-0.3, -0.25) is 9.78 Å². The second-order valence-corrected chi connectivity index (χ2v) is 7.31. The number of nitrogens with one attached hydrogen (secondary N) is 2. The highest BCUT2D eigenvalue weighted by molar-refractivity contribution is 5.88. The Labute approximate surface area is 186 Å². The quantitative estimate of drug-likeness (QED) is 0.415. The lowest BCUT2D eigenvalue weighted by atomic mass is 10.1. The van der Waals surface area contributed by atoms with Gasteiger partial charge in [0.1, 0.15) is 17.3 Å². The van der Waals surface area contributed by atoms with Crippen LogP contribution in [0.15, 0.2) is 73.1 Å². The molecule has 4 aromatic rings. The largest absolute Gasteiger partial charge is 0.455 e. The molecular weight excluding hydrogens is 402 g/mol. The van der Waals surface area contributed by atoms with Gasteiger partial charge in [0.05, 0.1) is 5.69 Å². The summed E-state index contributed by atoms with van der Waals surface area (Å²) in [4.78, 5) is 24.7. The van der Waals surface area contributed by atoms with Crippen LogP contribution in [0.5, 0.6) is 11.5 Å². The van der Waals surface area contributed by atoms with Gasteiger partial charge in [0, 0.05) is 42.5 Å². The minimum Gasteiger partial charge on any atom is -0.455 e. The van der Waals surface area contributed by atoms with Crippen LogP contribution in [-0.2, 0) is 4.79 Å². The smallest absolute Gasteiger partial charge is 0.221 e. The predicted octanol–water partition coefficient (Wildman–Crippen LogP) is 5.65. The molecule has 0 radical (unpaired) electrons. The highest BCUT2D eigenvalue weighted by atomic mass is 16.5. The average Bonchev–Trinajstić information content (AvgIpc) is 2.78. The van der Waals surface area contributed by atoms with Crippen molar-refractivity contribution in [3.63, 3.8) is 0 Å². The van der Waals surface area contributed by atoms with Crippen LogP contribution in [0.2, 0.25) is 0 Å². The minimum absolute atomic E-state index is 0.108. The highest BCUT2D eigenvalue weighted by Gasteiger charge is 2.13. The molecule has 0 spiro atoms. The number of ether oxygens (including phenoxy) is 1. The average molecular weight is 425 g/mol. The molecule has 0 atom stereocenters. The first-order valence-corrected chi connectivity index (χ1v) is 10.2. The van der Waals surface area contributed by atoms with E-state index in [2.05, 4.69) is 20.6 Å². The van der Waals surface area contributed by atoms with Crippen LogP contribution in [-0.4, -0.2) is 20.9 Å². The number of hydrogen-bond donors (Lipinski definition) is 2. The van der Waals surface area contributed by atoms with E-state index in [1.807, 2.05) is 68.4 Å². The fourth-order valence-electron chi connectivity index (χ4n) is 3.10. The molecule has 0 fully saturated rings. The number of aromatic nitrogens is 3. The molecule has 0 unspecified atom stereocenters. The number of nitrogens with zero attached hydrogens (tertiary/aromatic N) is 3. The van der Waals surface area contributed by atoms with Gasteiger partial charge >= 0.3 is 0 Å². The Morgan fingerprint density at radius 1 is 0.906 bits per heavy atom. The first-order valence-electron chi connectivity index (χ1n) is 10.2. The maximum absolute atomic E-state index is 11.2. The summed E-state index contributed by atoms with van der Waals surface area (Å²) in [7, 11) is 0. The van der Waals surface area contributed by atoms with Crippen LogP contribution in [0.4, 0.5) is 17.2 Å². The predicted molar refractivity (Wildman–Crippen MR) is 125 cm³/mol. The third-order valence-corrected chi connectivity index (χ3v) is 4.78. The summed E-state index contributed by atoms with van der Waals surface area (Å²) in [5, 5.41) is 5.99. The van der Waals surface area contributed by atoms with Gasteiger partial charge in [-0.15, -0.1) is 0 Å². The van der Waals surface area contributed by atoms with Crippen LogP contribution < -0.4 is 15.4 Å². The van der Waals surface area contributed by atoms with Crippen molar-refractivity contribution in [3.8, 4) is 22.9 Å². The zero-order chi connectivity index (χ0) is 22.5. The molecule has 1 aromatic carbocycles. The van der Waals surface area contributed by atoms with E-state index in [0.717, 1.165) is 28.3 Å². The molecule has 0 aliphatic carbocycles. The van der Waals surface area contributed by atoms with Gasteiger partial charge in [0.25, 0.3) is 0 Å². The van der Waals surface area contributed by atoms with Gasteiger partial charge in [0.2, 0.25) is 5.91 Å². The lowest BCUT2D eigenvalue weighted by Gasteiger charge is -2.14. The van der Waals surface area contributed by atoms with E-state index in [4.69, 9.17) is 9.72 Å². The second kappa shape index (κ2) is 9.26. The summed E-state index contributed by atoms with van der Waals surface area (Å²) in [6.45, 7) is 5.45. The van der Waals surface area contributed by atoms with Gasteiger partial charge in [-0.1, -0.05) is 6.07 Å². The molecule has 0 saturated heterocycles. The maximum Gasteiger partial charge on any atom is 0.221 e. The monoisotopic (exact) mass is 425 g/mol. The molecule has 7 nitrogen and oxygen atoms in total. The topological polar surface area (TPSA) is 89.0 Å². The lowest BCUT2D eigenvalue weighted by Crippen LogP contribution is -2.05. The molecule has 0 bridgehead atoms. The third-order valence-electron chi connectivity index (χ3n) is 4.78. The standard InChI is InChI=1S/C25H23N5O2/c1-16-14-23(25(28-17(16)2)22-6-4-5-12-26-22)32-21-11-13-27-24(15-21)30-20-9-7-19(8-10-20)29-18(3)31/h4-15H,1-3H3,(H,27,30)(H,29,31). The van der Waals surface area contributed by atoms with E-state index in [9.17, 15) is 4.79 Å². The molecule has 160 valence electrons. The van der Waals surface area contributed by atoms with Crippen LogP contribution in [0.1, 0.15) is 18.2 Å². The zero-order valence-electron chi connectivity index (χ0n) is 18.1. The van der Waals surface area contributed by atoms with Gasteiger partial charge in [-0.05, 0) is 67.9 Å². The van der Waals surface area contributed by atoms with E-state index >= 15 is 0 Å². The van der Waals surface area contributed by atoms with Gasteiger partial charge < -0.3 is 15.4 Å². The third kappa shape index (κ3) is 5.07. The van der Waals surface area contributed by atoms with Crippen molar-refractivity contribution in [2.75, 3.05) is 10.6 Å². The summed E-state index contributed by atoms with van der Waals surface area (Å²) in [6.07, 6.45) is 3.42. The van der Waals surface area contributed by atoms with Gasteiger partial charge in [-0.2, -0.15) is 0 Å². The number of aryl methyl sites for hydroxylation is 2. The lowest BCUT2D eigenvalue weighted by molar-refractivity contribution is -0.114. The second-order valence-electron chi connectivity index (χ2n) is 7.31. The maximum atomic E-state index is 11.2. The first kappa shape index (κ1) is 21.0. The number of hydrogen-bond acceptors (Lipinski definition) is 6. The molecule has 32 heavy (non-hydrogen) atoms. The molecule has 1 amide bonds. The summed E-state index contributed by atoms with van der Waals surface area (Å²) >= 11 is 0. The van der Waals surface area contributed by atoms with Crippen molar-refractivity contribution in [1.82, 2.24) is 15.0 Å². The fraction of sp³-hybridized carbons (Fsp3) is 0.120. The molecule has 2 N–H and O–H groups in total.